The molecule has 108 valence electrons. The largest absolute Gasteiger partial charge is 0.347 e. The predicted octanol–water partition coefficient (Wildman–Crippen LogP) is 2.42. The van der Waals surface area contributed by atoms with Gasteiger partial charge >= 0.3 is 0 Å². The van der Waals surface area contributed by atoms with Crippen LogP contribution in [0.25, 0.3) is 0 Å². The normalized spacial score (nSPS) is 17.6. The molecule has 0 unspecified atom stereocenters. The molecule has 1 saturated heterocycles. The van der Waals surface area contributed by atoms with Crippen molar-refractivity contribution in [3.05, 3.63) is 34.3 Å². The first-order valence-corrected chi connectivity index (χ1v) is 7.52. The topological polar surface area (TPSA) is 49.4 Å². The number of hydrogen-bond acceptors (Lipinski definition) is 2. The highest BCUT2D eigenvalue weighted by molar-refractivity contribution is 9.10. The monoisotopic (exact) mass is 338 g/mol. The first kappa shape index (κ1) is 15.0. The molecule has 4 nitrogen and oxygen atoms in total. The maximum absolute atomic E-state index is 11.6. The Balaban J connectivity index is 2.28. The molecule has 0 radical (unpaired) electrons. The van der Waals surface area contributed by atoms with Crippen molar-refractivity contribution in [2.75, 3.05) is 13.1 Å². The summed E-state index contributed by atoms with van der Waals surface area (Å²) in [5, 5.41) is 3.10. The van der Waals surface area contributed by atoms with Crippen molar-refractivity contribution in [3.63, 3.8) is 0 Å². The molecular weight excluding hydrogens is 320 g/mol. The number of amides is 2. The van der Waals surface area contributed by atoms with Gasteiger partial charge in [0.15, 0.2) is 0 Å². The number of piperidine rings is 1. The van der Waals surface area contributed by atoms with Crippen molar-refractivity contribution >= 4 is 27.7 Å². The second-order valence-electron chi connectivity index (χ2n) is 5.28. The van der Waals surface area contributed by atoms with E-state index in [1.165, 1.54) is 6.92 Å². The molecule has 5 heteroatoms. The fraction of sp³-hybridized carbons (Fsp3) is 0.467. The molecule has 0 aromatic heterocycles. The number of halogens is 1. The zero-order chi connectivity index (χ0) is 14.8. The highest BCUT2D eigenvalue weighted by atomic mass is 79.9. The summed E-state index contributed by atoms with van der Waals surface area (Å²) in [6.07, 6.45) is 1.48. The van der Waals surface area contributed by atoms with Gasteiger partial charge in [-0.1, -0.05) is 28.1 Å². The Hall–Kier alpha value is -1.36. The minimum absolute atomic E-state index is 0.0405. The average Bonchev–Trinajstić information content (AvgIpc) is 2.38. The highest BCUT2D eigenvalue weighted by Crippen LogP contribution is 2.34. The summed E-state index contributed by atoms with van der Waals surface area (Å²) in [6.45, 7) is 4.46. The first-order chi connectivity index (χ1) is 9.43. The van der Waals surface area contributed by atoms with Crippen LogP contribution in [-0.4, -0.2) is 29.8 Å². The molecular formula is C15H19BrN2O2. The lowest BCUT2D eigenvalue weighted by molar-refractivity contribution is -0.131. The summed E-state index contributed by atoms with van der Waals surface area (Å²) >= 11 is 3.48. The van der Waals surface area contributed by atoms with Gasteiger partial charge in [0.1, 0.15) is 0 Å². The Kier molecular flexibility index (Phi) is 4.48. The zero-order valence-corrected chi connectivity index (χ0v) is 13.4. The van der Waals surface area contributed by atoms with Gasteiger partial charge in [0.05, 0.1) is 5.54 Å². The molecule has 1 heterocycles. The van der Waals surface area contributed by atoms with Crippen molar-refractivity contribution in [2.24, 2.45) is 0 Å². The Morgan fingerprint density at radius 2 is 1.90 bits per heavy atom. The molecule has 2 amide bonds. The van der Waals surface area contributed by atoms with Crippen molar-refractivity contribution in [1.82, 2.24) is 10.2 Å². The van der Waals surface area contributed by atoms with Crippen LogP contribution in [0.1, 0.15) is 32.3 Å². The number of benzene rings is 1. The molecule has 1 aromatic carbocycles. The lowest BCUT2D eigenvalue weighted by Crippen LogP contribution is -2.53. The van der Waals surface area contributed by atoms with E-state index in [0.717, 1.165) is 22.9 Å². The van der Waals surface area contributed by atoms with Gasteiger partial charge in [0.25, 0.3) is 0 Å². The second kappa shape index (κ2) is 5.95. The molecule has 2 rings (SSSR count). The number of carbonyl (C=O) groups is 2. The number of hydrogen-bond donors (Lipinski definition) is 1. The molecule has 1 aliphatic rings. The average molecular weight is 339 g/mol. The van der Waals surface area contributed by atoms with Gasteiger partial charge in [-0.3, -0.25) is 9.59 Å². The van der Waals surface area contributed by atoms with E-state index in [-0.39, 0.29) is 17.4 Å². The van der Waals surface area contributed by atoms with Gasteiger partial charge in [-0.05, 0) is 30.5 Å². The summed E-state index contributed by atoms with van der Waals surface area (Å²) in [5.74, 6) is 0.0527. The van der Waals surface area contributed by atoms with Gasteiger partial charge in [-0.15, -0.1) is 0 Å². The molecule has 0 atom stereocenters. The molecule has 1 aliphatic heterocycles. The van der Waals surface area contributed by atoms with Crippen molar-refractivity contribution < 1.29 is 9.59 Å². The van der Waals surface area contributed by atoms with Crippen LogP contribution in [0, 0.1) is 0 Å². The smallest absolute Gasteiger partial charge is 0.219 e. The molecule has 1 aromatic rings. The Morgan fingerprint density at radius 1 is 1.25 bits per heavy atom. The molecule has 0 spiro atoms. The van der Waals surface area contributed by atoms with Crippen LogP contribution in [-0.2, 0) is 15.1 Å². The minimum Gasteiger partial charge on any atom is -0.347 e. The number of nitrogens with one attached hydrogen (secondary N) is 1. The lowest BCUT2D eigenvalue weighted by atomic mass is 9.80. The quantitative estimate of drug-likeness (QED) is 0.900. The SMILES string of the molecule is CC(=O)NC1(c2cccc(Br)c2)CCN(C(C)=O)CC1. The van der Waals surface area contributed by atoms with Gasteiger partial charge in [-0.2, -0.15) is 0 Å². The standard InChI is InChI=1S/C15H19BrN2O2/c1-11(19)17-15(13-4-3-5-14(16)10-13)6-8-18(9-7-15)12(2)20/h3-5,10H,6-9H2,1-2H3,(H,17,19). The van der Waals surface area contributed by atoms with E-state index in [9.17, 15) is 9.59 Å². The van der Waals surface area contributed by atoms with Gasteiger partial charge in [0, 0.05) is 31.4 Å². The van der Waals surface area contributed by atoms with Gasteiger partial charge in [0.2, 0.25) is 11.8 Å². The van der Waals surface area contributed by atoms with Crippen molar-refractivity contribution in [3.8, 4) is 0 Å². The predicted molar refractivity (Wildman–Crippen MR) is 81.1 cm³/mol. The van der Waals surface area contributed by atoms with E-state index in [1.54, 1.807) is 6.92 Å². The molecule has 1 N–H and O–H groups in total. The van der Waals surface area contributed by atoms with Gasteiger partial charge < -0.3 is 10.2 Å². The fourth-order valence-corrected chi connectivity index (χ4v) is 3.21. The maximum atomic E-state index is 11.6. The maximum Gasteiger partial charge on any atom is 0.219 e. The van der Waals surface area contributed by atoms with Crippen LogP contribution in [0.2, 0.25) is 0 Å². The van der Waals surface area contributed by atoms with E-state index in [0.29, 0.717) is 13.1 Å². The van der Waals surface area contributed by atoms with Crippen LogP contribution in [0.4, 0.5) is 0 Å². The van der Waals surface area contributed by atoms with E-state index < -0.39 is 0 Å². The van der Waals surface area contributed by atoms with Crippen LogP contribution < -0.4 is 5.32 Å². The summed E-state index contributed by atoms with van der Waals surface area (Å²) in [7, 11) is 0. The molecule has 20 heavy (non-hydrogen) atoms. The Bertz CT molecular complexity index is 522. The van der Waals surface area contributed by atoms with E-state index in [4.69, 9.17) is 0 Å². The van der Waals surface area contributed by atoms with E-state index >= 15 is 0 Å². The van der Waals surface area contributed by atoms with Crippen LogP contribution in [0.5, 0.6) is 0 Å². The van der Waals surface area contributed by atoms with E-state index in [1.807, 2.05) is 29.2 Å². The summed E-state index contributed by atoms with van der Waals surface area (Å²) in [4.78, 5) is 24.9. The third kappa shape index (κ3) is 3.20. The lowest BCUT2D eigenvalue weighted by Gasteiger charge is -2.42. The fourth-order valence-electron chi connectivity index (χ4n) is 2.81. The number of carbonyl (C=O) groups excluding carboxylic acids is 2. The zero-order valence-electron chi connectivity index (χ0n) is 11.8. The highest BCUT2D eigenvalue weighted by Gasteiger charge is 2.37. The molecule has 0 aliphatic carbocycles. The van der Waals surface area contributed by atoms with Crippen molar-refractivity contribution in [2.45, 2.75) is 32.2 Å². The van der Waals surface area contributed by atoms with E-state index in [2.05, 4.69) is 21.2 Å². The van der Waals surface area contributed by atoms with Crippen LogP contribution >= 0.6 is 15.9 Å². The number of rotatable bonds is 2. The molecule has 0 saturated carbocycles. The molecule has 1 fully saturated rings. The summed E-state index contributed by atoms with van der Waals surface area (Å²) < 4.78 is 0.994. The second-order valence-corrected chi connectivity index (χ2v) is 6.20. The van der Waals surface area contributed by atoms with Gasteiger partial charge in [-0.25, -0.2) is 0 Å². The first-order valence-electron chi connectivity index (χ1n) is 6.73. The molecule has 0 bridgehead atoms. The third-order valence-corrected chi connectivity index (χ3v) is 4.35. The van der Waals surface area contributed by atoms with Crippen molar-refractivity contribution in [1.29, 1.82) is 0 Å². The Labute approximate surface area is 127 Å². The number of nitrogens with zero attached hydrogens (tertiary/aromatic N) is 1. The minimum atomic E-state index is -0.373. The summed E-state index contributed by atoms with van der Waals surface area (Å²) in [6, 6.07) is 8.01. The van der Waals surface area contributed by atoms with Crippen LogP contribution in [0.3, 0.4) is 0 Å². The summed E-state index contributed by atoms with van der Waals surface area (Å²) in [5.41, 5.74) is 0.715. The van der Waals surface area contributed by atoms with Crippen LogP contribution in [0.15, 0.2) is 28.7 Å². The Morgan fingerprint density at radius 3 is 2.40 bits per heavy atom. The number of likely N-dealkylation sites (tertiary alicyclic amines) is 1. The third-order valence-electron chi connectivity index (χ3n) is 3.85.